The van der Waals surface area contributed by atoms with Crippen molar-refractivity contribution in [3.63, 3.8) is 0 Å². The standard InChI is InChI=1S/C21H27N3O3S/c1-5-26-18-12-7-15(13-19(18)27-6-2)14-22-21(28)23-17-10-8-16(9-11-17)20(25)24(3)4/h7-13H,5-6,14H2,1-4H3,(H2,22,23,28). The SMILES string of the molecule is CCOc1ccc(CNC(=S)Nc2ccc(C(=O)N(C)C)cc2)cc1OCC. The molecule has 0 aliphatic carbocycles. The summed E-state index contributed by atoms with van der Waals surface area (Å²) in [7, 11) is 3.46. The monoisotopic (exact) mass is 401 g/mol. The molecule has 0 spiro atoms. The van der Waals surface area contributed by atoms with Gasteiger partial charge in [-0.3, -0.25) is 4.79 Å². The summed E-state index contributed by atoms with van der Waals surface area (Å²) in [6.45, 7) is 5.60. The third-order valence-corrected chi connectivity index (χ3v) is 4.10. The predicted octanol–water partition coefficient (Wildman–Crippen LogP) is 3.67. The number of nitrogens with zero attached hydrogens (tertiary/aromatic N) is 1. The molecular formula is C21H27N3O3S. The number of hydrogen-bond acceptors (Lipinski definition) is 4. The second kappa shape index (κ2) is 10.5. The van der Waals surface area contributed by atoms with Gasteiger partial charge >= 0.3 is 0 Å². The van der Waals surface area contributed by atoms with Crippen molar-refractivity contribution in [1.29, 1.82) is 0 Å². The first-order valence-corrected chi connectivity index (χ1v) is 9.60. The van der Waals surface area contributed by atoms with Crippen molar-refractivity contribution in [3.05, 3.63) is 53.6 Å². The molecule has 0 heterocycles. The first-order chi connectivity index (χ1) is 13.4. The Kier molecular flexibility index (Phi) is 8.07. The summed E-state index contributed by atoms with van der Waals surface area (Å²) in [6.07, 6.45) is 0. The zero-order valence-electron chi connectivity index (χ0n) is 16.7. The minimum absolute atomic E-state index is 0.0344. The van der Waals surface area contributed by atoms with Gasteiger partial charge in [0.25, 0.3) is 5.91 Å². The fourth-order valence-electron chi connectivity index (χ4n) is 2.52. The van der Waals surface area contributed by atoms with Crippen LogP contribution in [-0.2, 0) is 6.54 Å². The minimum Gasteiger partial charge on any atom is -0.490 e. The summed E-state index contributed by atoms with van der Waals surface area (Å²) in [6, 6.07) is 13.0. The number of benzene rings is 2. The molecular weight excluding hydrogens is 374 g/mol. The van der Waals surface area contributed by atoms with Crippen LogP contribution in [-0.4, -0.2) is 43.2 Å². The fraction of sp³-hybridized carbons (Fsp3) is 0.333. The molecule has 0 atom stereocenters. The van der Waals surface area contributed by atoms with Gasteiger partial charge in [0.1, 0.15) is 0 Å². The maximum atomic E-state index is 11.9. The Balaban J connectivity index is 1.93. The maximum Gasteiger partial charge on any atom is 0.253 e. The van der Waals surface area contributed by atoms with Crippen LogP contribution in [0, 0.1) is 0 Å². The highest BCUT2D eigenvalue weighted by atomic mass is 32.1. The highest BCUT2D eigenvalue weighted by molar-refractivity contribution is 7.80. The Bertz CT molecular complexity index is 807. The lowest BCUT2D eigenvalue weighted by Crippen LogP contribution is -2.28. The molecule has 28 heavy (non-hydrogen) atoms. The molecule has 7 heteroatoms. The van der Waals surface area contributed by atoms with Crippen LogP contribution in [0.3, 0.4) is 0 Å². The van der Waals surface area contributed by atoms with Gasteiger partial charge in [-0.2, -0.15) is 0 Å². The molecule has 0 radical (unpaired) electrons. The van der Waals surface area contributed by atoms with E-state index < -0.39 is 0 Å². The van der Waals surface area contributed by atoms with E-state index in [1.165, 1.54) is 0 Å². The van der Waals surface area contributed by atoms with Crippen LogP contribution in [0.15, 0.2) is 42.5 Å². The number of hydrogen-bond donors (Lipinski definition) is 2. The van der Waals surface area contributed by atoms with Gasteiger partial charge in [-0.15, -0.1) is 0 Å². The van der Waals surface area contributed by atoms with Gasteiger partial charge in [-0.1, -0.05) is 6.07 Å². The van der Waals surface area contributed by atoms with Crippen molar-refractivity contribution in [2.24, 2.45) is 0 Å². The Morgan fingerprint density at radius 2 is 1.64 bits per heavy atom. The van der Waals surface area contributed by atoms with E-state index in [2.05, 4.69) is 10.6 Å². The Hall–Kier alpha value is -2.80. The molecule has 0 unspecified atom stereocenters. The summed E-state index contributed by atoms with van der Waals surface area (Å²) in [5.41, 5.74) is 2.48. The molecule has 2 aromatic carbocycles. The van der Waals surface area contributed by atoms with E-state index in [0.717, 1.165) is 22.7 Å². The number of amides is 1. The summed E-state index contributed by atoms with van der Waals surface area (Å²) >= 11 is 5.36. The number of rotatable bonds is 8. The minimum atomic E-state index is -0.0344. The van der Waals surface area contributed by atoms with Gasteiger partial charge in [0.2, 0.25) is 0 Å². The molecule has 6 nitrogen and oxygen atoms in total. The van der Waals surface area contributed by atoms with Gasteiger partial charge < -0.3 is 25.0 Å². The number of anilines is 1. The number of ether oxygens (including phenoxy) is 2. The maximum absolute atomic E-state index is 11.9. The second-order valence-corrected chi connectivity index (χ2v) is 6.64. The lowest BCUT2D eigenvalue weighted by atomic mass is 10.2. The van der Waals surface area contributed by atoms with Crippen LogP contribution >= 0.6 is 12.2 Å². The number of nitrogens with one attached hydrogen (secondary N) is 2. The van der Waals surface area contributed by atoms with Crippen molar-refractivity contribution in [2.75, 3.05) is 32.6 Å². The van der Waals surface area contributed by atoms with Crippen LogP contribution < -0.4 is 20.1 Å². The van der Waals surface area contributed by atoms with Crippen molar-refractivity contribution in [3.8, 4) is 11.5 Å². The van der Waals surface area contributed by atoms with Crippen molar-refractivity contribution >= 4 is 28.9 Å². The lowest BCUT2D eigenvalue weighted by molar-refractivity contribution is 0.0827. The van der Waals surface area contributed by atoms with E-state index in [1.807, 2.05) is 44.2 Å². The molecule has 0 aliphatic heterocycles. The molecule has 2 rings (SSSR count). The number of carbonyl (C=O) groups is 1. The zero-order chi connectivity index (χ0) is 20.5. The molecule has 0 saturated heterocycles. The Morgan fingerprint density at radius 3 is 2.25 bits per heavy atom. The van der Waals surface area contributed by atoms with Gasteiger partial charge in [0, 0.05) is 31.9 Å². The summed E-state index contributed by atoms with van der Waals surface area (Å²) in [5, 5.41) is 6.79. The average molecular weight is 402 g/mol. The lowest BCUT2D eigenvalue weighted by Gasteiger charge is -2.14. The van der Waals surface area contributed by atoms with Crippen molar-refractivity contribution < 1.29 is 14.3 Å². The van der Waals surface area contributed by atoms with Crippen LogP contribution in [0.4, 0.5) is 5.69 Å². The number of carbonyl (C=O) groups excluding carboxylic acids is 1. The van der Waals surface area contributed by atoms with Gasteiger partial charge in [-0.25, -0.2) is 0 Å². The summed E-state index contributed by atoms with van der Waals surface area (Å²) in [5.74, 6) is 1.43. The van der Waals surface area contributed by atoms with E-state index in [0.29, 0.717) is 30.4 Å². The molecule has 150 valence electrons. The smallest absolute Gasteiger partial charge is 0.253 e. The third kappa shape index (κ3) is 6.13. The molecule has 0 aliphatic rings. The van der Waals surface area contributed by atoms with E-state index >= 15 is 0 Å². The third-order valence-electron chi connectivity index (χ3n) is 3.86. The van der Waals surface area contributed by atoms with Crippen LogP contribution in [0.1, 0.15) is 29.8 Å². The van der Waals surface area contributed by atoms with Gasteiger partial charge in [-0.05, 0) is 68.0 Å². The van der Waals surface area contributed by atoms with Crippen LogP contribution in [0.5, 0.6) is 11.5 Å². The zero-order valence-corrected chi connectivity index (χ0v) is 17.6. The second-order valence-electron chi connectivity index (χ2n) is 6.23. The molecule has 2 aromatic rings. The molecule has 0 saturated carbocycles. The average Bonchev–Trinajstić information content (AvgIpc) is 2.68. The van der Waals surface area contributed by atoms with E-state index in [4.69, 9.17) is 21.7 Å². The van der Waals surface area contributed by atoms with Crippen LogP contribution in [0.25, 0.3) is 0 Å². The first kappa shape index (κ1) is 21.5. The Morgan fingerprint density at radius 1 is 1.00 bits per heavy atom. The van der Waals surface area contributed by atoms with Crippen LogP contribution in [0.2, 0.25) is 0 Å². The molecule has 2 N–H and O–H groups in total. The van der Waals surface area contributed by atoms with Gasteiger partial charge in [0.15, 0.2) is 16.6 Å². The summed E-state index contributed by atoms with van der Waals surface area (Å²) in [4.78, 5) is 13.5. The van der Waals surface area contributed by atoms with Crippen molar-refractivity contribution in [2.45, 2.75) is 20.4 Å². The fourth-order valence-corrected chi connectivity index (χ4v) is 2.71. The normalized spacial score (nSPS) is 10.1. The molecule has 0 aromatic heterocycles. The molecule has 0 bridgehead atoms. The first-order valence-electron chi connectivity index (χ1n) is 9.19. The highest BCUT2D eigenvalue weighted by Crippen LogP contribution is 2.28. The summed E-state index contributed by atoms with van der Waals surface area (Å²) < 4.78 is 11.2. The molecule has 1 amide bonds. The van der Waals surface area contributed by atoms with E-state index in [1.54, 1.807) is 31.1 Å². The highest BCUT2D eigenvalue weighted by Gasteiger charge is 2.08. The largest absolute Gasteiger partial charge is 0.490 e. The molecule has 0 fully saturated rings. The topological polar surface area (TPSA) is 62.8 Å². The quantitative estimate of drug-likeness (QED) is 0.658. The van der Waals surface area contributed by atoms with Crippen molar-refractivity contribution in [1.82, 2.24) is 10.2 Å². The Labute approximate surface area is 171 Å². The van der Waals surface area contributed by atoms with E-state index in [9.17, 15) is 4.79 Å². The number of thiocarbonyl (C=S) groups is 1. The van der Waals surface area contributed by atoms with E-state index in [-0.39, 0.29) is 5.91 Å². The predicted molar refractivity (Wildman–Crippen MR) is 116 cm³/mol. The van der Waals surface area contributed by atoms with Gasteiger partial charge in [0.05, 0.1) is 13.2 Å².